The number of hydrogen-bond donors (Lipinski definition) is 3. The van der Waals surface area contributed by atoms with E-state index in [0.29, 0.717) is 6.61 Å². The van der Waals surface area contributed by atoms with Crippen molar-refractivity contribution in [3.05, 3.63) is 12.2 Å². The maximum Gasteiger partial charge on any atom is 0.330 e. The fraction of sp³-hybridized carbons (Fsp3) is 0.842. The van der Waals surface area contributed by atoms with Crippen LogP contribution in [0.25, 0.3) is 0 Å². The van der Waals surface area contributed by atoms with Gasteiger partial charge in [0, 0.05) is 40.0 Å². The zero-order valence-corrected chi connectivity index (χ0v) is 17.9. The molecule has 0 amide bonds. The molecule has 3 N–H and O–H groups in total. The summed E-state index contributed by atoms with van der Waals surface area (Å²) in [7, 11) is 0. The van der Waals surface area contributed by atoms with E-state index in [0.717, 1.165) is 6.42 Å². The Hall–Kier alpha value is -0.156. The third-order valence-electron chi connectivity index (χ3n) is 2.88. The molecule has 0 rings (SSSR count). The van der Waals surface area contributed by atoms with Crippen molar-refractivity contribution in [1.82, 2.24) is 0 Å². The van der Waals surface area contributed by atoms with Crippen molar-refractivity contribution in [1.29, 1.82) is 0 Å². The molecular weight excluding hydrogens is 340 g/mol. The first-order chi connectivity index (χ1) is 10.8. The second kappa shape index (κ2) is 27.7. The van der Waals surface area contributed by atoms with E-state index in [1.54, 1.807) is 13.8 Å². The van der Waals surface area contributed by atoms with Gasteiger partial charge in [0.05, 0.1) is 0 Å². The maximum absolute atomic E-state index is 9.60. The summed E-state index contributed by atoms with van der Waals surface area (Å²) >= 11 is 0. The van der Waals surface area contributed by atoms with Gasteiger partial charge in [-0.25, -0.2) is 4.79 Å². The SMILES string of the molecule is C=C(C)C(=O)O.CC(C)O.CCCCCCCCCCCCO.[Ti]. The fourth-order valence-corrected chi connectivity index (χ4v) is 1.60. The van der Waals surface area contributed by atoms with Crippen LogP contribution in [0.4, 0.5) is 0 Å². The van der Waals surface area contributed by atoms with Crippen LogP contribution in [0.1, 0.15) is 91.9 Å². The molecule has 144 valence electrons. The number of hydrogen-bond acceptors (Lipinski definition) is 3. The van der Waals surface area contributed by atoms with Crippen LogP contribution in [0.3, 0.4) is 0 Å². The third kappa shape index (κ3) is 49.5. The molecule has 0 saturated heterocycles. The zero-order valence-electron chi connectivity index (χ0n) is 16.3. The Morgan fingerprint density at radius 2 is 1.17 bits per heavy atom. The van der Waals surface area contributed by atoms with Gasteiger partial charge in [-0.15, -0.1) is 0 Å². The van der Waals surface area contributed by atoms with Crippen molar-refractivity contribution >= 4 is 5.97 Å². The first-order valence-corrected chi connectivity index (χ1v) is 8.97. The molecule has 0 heterocycles. The van der Waals surface area contributed by atoms with E-state index in [9.17, 15) is 4.79 Å². The van der Waals surface area contributed by atoms with Gasteiger partial charge in [-0.3, -0.25) is 0 Å². The summed E-state index contributed by atoms with van der Waals surface area (Å²) in [5.74, 6) is -0.935. The van der Waals surface area contributed by atoms with Crippen molar-refractivity contribution in [2.75, 3.05) is 6.61 Å². The van der Waals surface area contributed by atoms with E-state index < -0.39 is 5.97 Å². The zero-order chi connectivity index (χ0) is 18.5. The summed E-state index contributed by atoms with van der Waals surface area (Å²) in [5.41, 5.74) is 0.176. The molecule has 0 fully saturated rings. The second-order valence-corrected chi connectivity index (χ2v) is 6.08. The Morgan fingerprint density at radius 1 is 0.917 bits per heavy atom. The summed E-state index contributed by atoms with van der Waals surface area (Å²) < 4.78 is 0. The normalized spacial score (nSPS) is 9.12. The number of carbonyl (C=O) groups is 1. The average molecular weight is 380 g/mol. The molecule has 0 aromatic rings. The smallest absolute Gasteiger partial charge is 0.330 e. The standard InChI is InChI=1S/C12H26O.C4H6O2.C3H8O.Ti/c1-2-3-4-5-6-7-8-9-10-11-12-13;1-3(2)4(5)6;1-3(2)4;/h13H,2-12H2,1H3;1H2,2H3,(H,5,6);3-4H,1-2H3;. The van der Waals surface area contributed by atoms with Gasteiger partial charge in [-0.05, 0) is 27.2 Å². The van der Waals surface area contributed by atoms with E-state index in [1.807, 2.05) is 0 Å². The fourth-order valence-electron chi connectivity index (χ4n) is 1.60. The maximum atomic E-state index is 9.60. The monoisotopic (exact) mass is 380 g/mol. The molecule has 0 radical (unpaired) electrons. The van der Waals surface area contributed by atoms with Gasteiger partial charge < -0.3 is 15.3 Å². The number of carboxylic acid groups (broad SMARTS) is 1. The van der Waals surface area contributed by atoms with Crippen molar-refractivity contribution in [3.8, 4) is 0 Å². The molecule has 0 atom stereocenters. The van der Waals surface area contributed by atoms with E-state index in [-0.39, 0.29) is 33.4 Å². The van der Waals surface area contributed by atoms with Crippen molar-refractivity contribution in [2.24, 2.45) is 0 Å². The van der Waals surface area contributed by atoms with Crippen LogP contribution in [0, 0.1) is 0 Å². The van der Waals surface area contributed by atoms with Gasteiger partial charge in [0.1, 0.15) is 0 Å². The van der Waals surface area contributed by atoms with Crippen LogP contribution in [0.5, 0.6) is 0 Å². The second-order valence-electron chi connectivity index (χ2n) is 6.08. The minimum absolute atomic E-state index is 0. The number of unbranched alkanes of at least 4 members (excludes halogenated alkanes) is 9. The topological polar surface area (TPSA) is 77.8 Å². The Labute approximate surface area is 164 Å². The van der Waals surface area contributed by atoms with E-state index in [1.165, 1.54) is 64.7 Å². The van der Waals surface area contributed by atoms with Crippen molar-refractivity contribution in [2.45, 2.75) is 98.0 Å². The molecule has 0 spiro atoms. The molecule has 24 heavy (non-hydrogen) atoms. The van der Waals surface area contributed by atoms with Gasteiger partial charge in [0.15, 0.2) is 0 Å². The largest absolute Gasteiger partial charge is 0.478 e. The number of aliphatic hydroxyl groups excluding tert-OH is 2. The van der Waals surface area contributed by atoms with E-state index >= 15 is 0 Å². The Bertz CT molecular complexity index is 231. The van der Waals surface area contributed by atoms with Gasteiger partial charge in [-0.1, -0.05) is 71.3 Å². The molecular formula is C19H40O4Ti. The Balaban J connectivity index is -0.000000152. The predicted molar refractivity (Wildman–Crippen MR) is 98.7 cm³/mol. The molecule has 0 unspecified atom stereocenters. The number of rotatable bonds is 11. The van der Waals surface area contributed by atoms with Crippen LogP contribution in [0.15, 0.2) is 12.2 Å². The molecule has 0 aliphatic carbocycles. The van der Waals surface area contributed by atoms with Crippen molar-refractivity contribution in [3.63, 3.8) is 0 Å². The molecule has 5 heteroatoms. The minimum atomic E-state index is -0.935. The number of aliphatic carboxylic acids is 1. The average Bonchev–Trinajstić information content (AvgIpc) is 2.45. The summed E-state index contributed by atoms with van der Waals surface area (Å²) in [5, 5.41) is 24.5. The van der Waals surface area contributed by atoms with Crippen molar-refractivity contribution < 1.29 is 41.8 Å². The molecule has 4 nitrogen and oxygen atoms in total. The molecule has 0 saturated carbocycles. The van der Waals surface area contributed by atoms with E-state index in [4.69, 9.17) is 15.3 Å². The van der Waals surface area contributed by atoms with Crippen LogP contribution in [-0.4, -0.2) is 34.0 Å². The van der Waals surface area contributed by atoms with Gasteiger partial charge >= 0.3 is 5.97 Å². The van der Waals surface area contributed by atoms with Crippen LogP contribution < -0.4 is 0 Å². The summed E-state index contributed by atoms with van der Waals surface area (Å²) in [6, 6.07) is 0. The molecule has 0 aliphatic rings. The quantitative estimate of drug-likeness (QED) is 0.270. The van der Waals surface area contributed by atoms with Gasteiger partial charge in [0.25, 0.3) is 0 Å². The molecule has 0 bridgehead atoms. The van der Waals surface area contributed by atoms with Gasteiger partial charge in [-0.2, -0.15) is 0 Å². The van der Waals surface area contributed by atoms with Crippen LogP contribution in [-0.2, 0) is 26.5 Å². The van der Waals surface area contributed by atoms with Gasteiger partial charge in [0.2, 0.25) is 0 Å². The van der Waals surface area contributed by atoms with Crippen LogP contribution >= 0.6 is 0 Å². The first-order valence-electron chi connectivity index (χ1n) is 8.97. The number of carboxylic acids is 1. The van der Waals surface area contributed by atoms with E-state index in [2.05, 4.69) is 13.5 Å². The van der Waals surface area contributed by atoms with Crippen LogP contribution in [0.2, 0.25) is 0 Å². The first kappa shape index (κ1) is 31.6. The molecule has 0 aliphatic heterocycles. The minimum Gasteiger partial charge on any atom is -0.478 e. The third-order valence-corrected chi connectivity index (χ3v) is 2.88. The summed E-state index contributed by atoms with van der Waals surface area (Å²) in [4.78, 5) is 9.60. The molecule has 0 aromatic carbocycles. The predicted octanol–water partition coefficient (Wildman–Crippen LogP) is 4.93. The summed E-state index contributed by atoms with van der Waals surface area (Å²) in [6.45, 7) is 10.7. The summed E-state index contributed by atoms with van der Waals surface area (Å²) in [6.07, 6.45) is 13.1. The molecule has 0 aromatic heterocycles. The number of aliphatic hydroxyl groups is 2. The Kier molecular flexibility index (Phi) is 36.4. The Morgan fingerprint density at radius 3 is 1.38 bits per heavy atom.